The topological polar surface area (TPSA) is 46.2 Å². The second kappa shape index (κ2) is 3.11. The average molecular weight is 175 g/mol. The summed E-state index contributed by atoms with van der Waals surface area (Å²) < 4.78 is 0. The number of rotatable bonds is 2. The fourth-order valence-corrected chi connectivity index (χ4v) is 1.63. The number of benzene rings is 1. The largest absolute Gasteiger partial charge is 0.309 e. The highest BCUT2D eigenvalue weighted by atomic mass is 16.2. The molecule has 3 heteroatoms. The molecule has 0 aliphatic carbocycles. The summed E-state index contributed by atoms with van der Waals surface area (Å²) in [5.74, 6) is -0.430. The SMILES string of the molecule is O=CC(=O)c1cccc2c1CNC2. The predicted octanol–water partition coefficient (Wildman–Crippen LogP) is 0.671. The maximum atomic E-state index is 11.2. The Hall–Kier alpha value is -1.48. The molecule has 0 unspecified atom stereocenters. The third-order valence-electron chi connectivity index (χ3n) is 2.26. The molecule has 0 bridgehead atoms. The first-order valence-electron chi connectivity index (χ1n) is 4.14. The van der Waals surface area contributed by atoms with Gasteiger partial charge >= 0.3 is 0 Å². The van der Waals surface area contributed by atoms with E-state index in [-0.39, 0.29) is 0 Å². The van der Waals surface area contributed by atoms with E-state index in [0.717, 1.165) is 17.7 Å². The third-order valence-corrected chi connectivity index (χ3v) is 2.26. The number of hydrogen-bond donors (Lipinski definition) is 1. The molecule has 0 saturated heterocycles. The van der Waals surface area contributed by atoms with Gasteiger partial charge in [-0.1, -0.05) is 18.2 Å². The molecule has 0 aromatic heterocycles. The first kappa shape index (κ1) is 8.13. The fourth-order valence-electron chi connectivity index (χ4n) is 1.63. The molecule has 66 valence electrons. The van der Waals surface area contributed by atoms with Crippen LogP contribution in [0.15, 0.2) is 18.2 Å². The van der Waals surface area contributed by atoms with Crippen LogP contribution in [0, 0.1) is 0 Å². The quantitative estimate of drug-likeness (QED) is 0.408. The highest BCUT2D eigenvalue weighted by Gasteiger charge is 2.17. The van der Waals surface area contributed by atoms with Crippen molar-refractivity contribution < 1.29 is 9.59 Å². The summed E-state index contributed by atoms with van der Waals surface area (Å²) in [4.78, 5) is 21.5. The molecule has 1 aromatic carbocycles. The van der Waals surface area contributed by atoms with Gasteiger partial charge in [-0.15, -0.1) is 0 Å². The minimum Gasteiger partial charge on any atom is -0.309 e. The zero-order valence-corrected chi connectivity index (χ0v) is 7.04. The van der Waals surface area contributed by atoms with Crippen molar-refractivity contribution in [3.05, 3.63) is 34.9 Å². The van der Waals surface area contributed by atoms with Crippen molar-refractivity contribution in [2.24, 2.45) is 0 Å². The van der Waals surface area contributed by atoms with Crippen molar-refractivity contribution in [2.75, 3.05) is 0 Å². The minimum absolute atomic E-state index is 0.369. The Morgan fingerprint density at radius 1 is 1.38 bits per heavy atom. The Bertz CT molecular complexity index is 371. The van der Waals surface area contributed by atoms with E-state index >= 15 is 0 Å². The zero-order chi connectivity index (χ0) is 9.26. The Morgan fingerprint density at radius 2 is 2.23 bits per heavy atom. The fraction of sp³-hybridized carbons (Fsp3) is 0.200. The minimum atomic E-state index is -0.430. The standard InChI is InChI=1S/C10H9NO2/c12-6-10(13)8-3-1-2-7-4-11-5-9(7)8/h1-3,6,11H,4-5H2. The van der Waals surface area contributed by atoms with Crippen LogP contribution in [0.25, 0.3) is 0 Å². The number of hydrogen-bond acceptors (Lipinski definition) is 3. The third kappa shape index (κ3) is 1.27. The van der Waals surface area contributed by atoms with E-state index in [9.17, 15) is 9.59 Å². The molecule has 1 N–H and O–H groups in total. The highest BCUT2D eigenvalue weighted by Crippen LogP contribution is 2.19. The Kier molecular flexibility index (Phi) is 1.94. The first-order valence-corrected chi connectivity index (χ1v) is 4.14. The Labute approximate surface area is 75.8 Å². The van der Waals surface area contributed by atoms with Gasteiger partial charge in [-0.05, 0) is 11.1 Å². The summed E-state index contributed by atoms with van der Waals surface area (Å²) in [6, 6.07) is 5.47. The zero-order valence-electron chi connectivity index (χ0n) is 7.04. The number of aldehydes is 1. The van der Waals surface area contributed by atoms with E-state index < -0.39 is 5.78 Å². The van der Waals surface area contributed by atoms with Crippen LogP contribution in [-0.4, -0.2) is 12.1 Å². The maximum Gasteiger partial charge on any atom is 0.225 e. The van der Waals surface area contributed by atoms with Crippen molar-refractivity contribution in [3.63, 3.8) is 0 Å². The van der Waals surface area contributed by atoms with E-state index in [4.69, 9.17) is 0 Å². The van der Waals surface area contributed by atoms with Crippen LogP contribution in [0.1, 0.15) is 21.5 Å². The summed E-state index contributed by atoms with van der Waals surface area (Å²) >= 11 is 0. The van der Waals surface area contributed by atoms with Crippen LogP contribution in [0.4, 0.5) is 0 Å². The molecule has 13 heavy (non-hydrogen) atoms. The van der Waals surface area contributed by atoms with Gasteiger partial charge in [0.2, 0.25) is 5.78 Å². The van der Waals surface area contributed by atoms with Crippen molar-refractivity contribution in [1.82, 2.24) is 5.32 Å². The molecular formula is C10H9NO2. The second-order valence-electron chi connectivity index (χ2n) is 3.03. The lowest BCUT2D eigenvalue weighted by Crippen LogP contribution is -2.06. The van der Waals surface area contributed by atoms with Gasteiger partial charge in [0, 0.05) is 18.7 Å². The molecule has 1 aliphatic rings. The van der Waals surface area contributed by atoms with Crippen LogP contribution in [-0.2, 0) is 17.9 Å². The summed E-state index contributed by atoms with van der Waals surface area (Å²) in [5.41, 5.74) is 2.63. The molecular weight excluding hydrogens is 166 g/mol. The first-order chi connectivity index (χ1) is 6.33. The monoisotopic (exact) mass is 175 g/mol. The molecule has 0 atom stereocenters. The van der Waals surface area contributed by atoms with Gasteiger partial charge in [0.1, 0.15) is 0 Å². The van der Waals surface area contributed by atoms with Crippen LogP contribution in [0.3, 0.4) is 0 Å². The van der Waals surface area contributed by atoms with Crippen LogP contribution in [0.2, 0.25) is 0 Å². The molecule has 0 fully saturated rings. The van der Waals surface area contributed by atoms with Gasteiger partial charge in [0.05, 0.1) is 0 Å². The molecule has 3 nitrogen and oxygen atoms in total. The molecule has 1 aromatic rings. The number of Topliss-reactive ketones (excluding diaryl/α,β-unsaturated/α-hetero) is 1. The Morgan fingerprint density at radius 3 is 3.00 bits per heavy atom. The number of carbonyl (C=O) groups excluding carboxylic acids is 2. The molecule has 1 heterocycles. The van der Waals surface area contributed by atoms with Crippen molar-refractivity contribution in [1.29, 1.82) is 0 Å². The van der Waals surface area contributed by atoms with Crippen LogP contribution in [0.5, 0.6) is 0 Å². The van der Waals surface area contributed by atoms with E-state index in [1.807, 2.05) is 12.1 Å². The number of ketones is 1. The maximum absolute atomic E-state index is 11.2. The number of carbonyl (C=O) groups is 2. The van der Waals surface area contributed by atoms with Gasteiger partial charge in [-0.3, -0.25) is 9.59 Å². The second-order valence-corrected chi connectivity index (χ2v) is 3.03. The molecule has 0 spiro atoms. The van der Waals surface area contributed by atoms with Gasteiger partial charge in [0.15, 0.2) is 6.29 Å². The van der Waals surface area contributed by atoms with Crippen LogP contribution >= 0.6 is 0 Å². The van der Waals surface area contributed by atoms with Gasteiger partial charge < -0.3 is 5.32 Å². The lowest BCUT2D eigenvalue weighted by Gasteiger charge is -2.01. The molecule has 0 saturated carbocycles. The smallest absolute Gasteiger partial charge is 0.225 e. The lowest BCUT2D eigenvalue weighted by molar-refractivity contribution is -0.104. The van der Waals surface area contributed by atoms with Gasteiger partial charge in [-0.25, -0.2) is 0 Å². The van der Waals surface area contributed by atoms with E-state index in [1.165, 1.54) is 0 Å². The molecule has 0 radical (unpaired) electrons. The van der Waals surface area contributed by atoms with Crippen molar-refractivity contribution >= 4 is 12.1 Å². The summed E-state index contributed by atoms with van der Waals surface area (Å²) in [6.07, 6.45) is 0.369. The predicted molar refractivity (Wildman–Crippen MR) is 47.4 cm³/mol. The number of nitrogens with one attached hydrogen (secondary N) is 1. The lowest BCUT2D eigenvalue weighted by atomic mass is 10.0. The highest BCUT2D eigenvalue weighted by molar-refractivity contribution is 6.33. The summed E-state index contributed by atoms with van der Waals surface area (Å²) in [6.45, 7) is 1.47. The average Bonchev–Trinajstić information content (AvgIpc) is 2.63. The van der Waals surface area contributed by atoms with Crippen molar-refractivity contribution in [2.45, 2.75) is 13.1 Å². The van der Waals surface area contributed by atoms with Crippen molar-refractivity contribution in [3.8, 4) is 0 Å². The summed E-state index contributed by atoms with van der Waals surface area (Å²) in [7, 11) is 0. The van der Waals surface area contributed by atoms with E-state index in [0.29, 0.717) is 18.4 Å². The van der Waals surface area contributed by atoms with Gasteiger partial charge in [-0.2, -0.15) is 0 Å². The van der Waals surface area contributed by atoms with E-state index in [1.54, 1.807) is 6.07 Å². The molecule has 1 aliphatic heterocycles. The normalized spacial score (nSPS) is 13.8. The molecule has 2 rings (SSSR count). The van der Waals surface area contributed by atoms with Gasteiger partial charge in [0.25, 0.3) is 0 Å². The van der Waals surface area contributed by atoms with Crippen LogP contribution < -0.4 is 5.32 Å². The Balaban J connectivity index is 2.53. The number of fused-ring (bicyclic) bond motifs is 1. The molecule has 0 amide bonds. The van der Waals surface area contributed by atoms with E-state index in [2.05, 4.69) is 5.32 Å². The summed E-state index contributed by atoms with van der Waals surface area (Å²) in [5, 5.41) is 3.14.